The van der Waals surface area contributed by atoms with E-state index < -0.39 is 10.0 Å². The van der Waals surface area contributed by atoms with Gasteiger partial charge in [0.15, 0.2) is 0 Å². The molecule has 1 aromatic rings. The summed E-state index contributed by atoms with van der Waals surface area (Å²) in [4.78, 5) is 0.273. The summed E-state index contributed by atoms with van der Waals surface area (Å²) in [6.07, 6.45) is 2.82. The van der Waals surface area contributed by atoms with E-state index in [9.17, 15) is 8.42 Å². The molecule has 4 nitrogen and oxygen atoms in total. The van der Waals surface area contributed by atoms with Crippen molar-refractivity contribution in [3.8, 4) is 11.8 Å². The lowest BCUT2D eigenvalue weighted by atomic mass is 10.1. The van der Waals surface area contributed by atoms with Gasteiger partial charge in [0.25, 0.3) is 0 Å². The van der Waals surface area contributed by atoms with Crippen molar-refractivity contribution in [1.29, 1.82) is 0 Å². The van der Waals surface area contributed by atoms with Gasteiger partial charge in [-0.3, -0.25) is 0 Å². The van der Waals surface area contributed by atoms with Crippen LogP contribution in [0, 0.1) is 18.8 Å². The number of benzene rings is 1. The van der Waals surface area contributed by atoms with Crippen molar-refractivity contribution in [2.75, 3.05) is 19.3 Å². The molecule has 1 rings (SSSR count). The molecule has 0 radical (unpaired) electrons. The second-order valence-corrected chi connectivity index (χ2v) is 7.76. The minimum absolute atomic E-state index is 0.273. The Kier molecular flexibility index (Phi) is 7.26. The van der Waals surface area contributed by atoms with Gasteiger partial charge in [-0.25, -0.2) is 13.1 Å². The third-order valence-corrected chi connectivity index (χ3v) is 5.58. The summed E-state index contributed by atoms with van der Waals surface area (Å²) in [6, 6.07) is 4.94. The molecule has 0 spiro atoms. The standard InChI is InChI=1S/C15H22N2O2S2/c1-12-11-15(7-6-14(12)5-4-9-16)21(18,19)17-10-8-13(2)20-3/h6-7,11,13,17H,8-10,16H2,1-3H3. The molecule has 0 heterocycles. The minimum atomic E-state index is -3.46. The minimum Gasteiger partial charge on any atom is -0.320 e. The van der Waals surface area contributed by atoms with E-state index in [1.165, 1.54) is 0 Å². The van der Waals surface area contributed by atoms with E-state index >= 15 is 0 Å². The molecule has 0 bridgehead atoms. The number of sulfonamides is 1. The summed E-state index contributed by atoms with van der Waals surface area (Å²) in [5, 5.41) is 0.434. The third-order valence-electron chi connectivity index (χ3n) is 3.08. The first-order valence-corrected chi connectivity index (χ1v) is 9.50. The molecule has 0 saturated carbocycles. The van der Waals surface area contributed by atoms with Gasteiger partial charge in [-0.05, 0) is 43.4 Å². The maximum Gasteiger partial charge on any atom is 0.240 e. The van der Waals surface area contributed by atoms with E-state index in [2.05, 4.69) is 23.5 Å². The number of aryl methyl sites for hydroxylation is 1. The molecular weight excluding hydrogens is 304 g/mol. The van der Waals surface area contributed by atoms with E-state index in [1.54, 1.807) is 30.0 Å². The van der Waals surface area contributed by atoms with E-state index in [-0.39, 0.29) is 11.4 Å². The van der Waals surface area contributed by atoms with E-state index in [4.69, 9.17) is 5.73 Å². The predicted octanol–water partition coefficient (Wildman–Crippen LogP) is 1.73. The van der Waals surface area contributed by atoms with E-state index in [0.717, 1.165) is 17.5 Å². The SMILES string of the molecule is CSC(C)CCNS(=O)(=O)c1ccc(C#CCN)c(C)c1. The highest BCUT2D eigenvalue weighted by atomic mass is 32.2. The lowest BCUT2D eigenvalue weighted by Crippen LogP contribution is -2.26. The predicted molar refractivity (Wildman–Crippen MR) is 89.9 cm³/mol. The molecule has 0 amide bonds. The van der Waals surface area contributed by atoms with Crippen molar-refractivity contribution in [2.24, 2.45) is 5.73 Å². The molecule has 1 atom stereocenters. The van der Waals surface area contributed by atoms with Gasteiger partial charge in [-0.2, -0.15) is 11.8 Å². The first kappa shape index (κ1) is 18.1. The van der Waals surface area contributed by atoms with Crippen LogP contribution in [0.1, 0.15) is 24.5 Å². The fourth-order valence-electron chi connectivity index (χ4n) is 1.69. The molecule has 6 heteroatoms. The number of rotatable bonds is 6. The quantitative estimate of drug-likeness (QED) is 0.781. The first-order valence-electron chi connectivity index (χ1n) is 6.72. The zero-order valence-electron chi connectivity index (χ0n) is 12.6. The highest BCUT2D eigenvalue weighted by Crippen LogP contribution is 2.15. The lowest BCUT2D eigenvalue weighted by molar-refractivity contribution is 0.579. The second kappa shape index (κ2) is 8.44. The van der Waals surface area contributed by atoms with Crippen LogP contribution in [-0.2, 0) is 10.0 Å². The van der Waals surface area contributed by atoms with E-state index in [1.807, 2.05) is 13.2 Å². The molecule has 21 heavy (non-hydrogen) atoms. The Labute approximate surface area is 131 Å². The third kappa shape index (κ3) is 5.71. The van der Waals surface area contributed by atoms with Gasteiger partial charge in [0, 0.05) is 17.4 Å². The summed E-state index contributed by atoms with van der Waals surface area (Å²) >= 11 is 1.72. The molecular formula is C15H22N2O2S2. The Bertz CT molecular complexity index is 631. The molecule has 0 aliphatic carbocycles. The first-order chi connectivity index (χ1) is 9.90. The molecule has 3 N–H and O–H groups in total. The molecule has 1 unspecified atom stereocenters. The van der Waals surface area contributed by atoms with Crippen molar-refractivity contribution in [3.63, 3.8) is 0 Å². The van der Waals surface area contributed by atoms with Crippen molar-refractivity contribution in [2.45, 2.75) is 30.4 Å². The van der Waals surface area contributed by atoms with Gasteiger partial charge < -0.3 is 5.73 Å². The van der Waals surface area contributed by atoms with Crippen LogP contribution in [0.3, 0.4) is 0 Å². The van der Waals surface area contributed by atoms with Gasteiger partial charge >= 0.3 is 0 Å². The Morgan fingerprint density at radius 1 is 1.43 bits per heavy atom. The van der Waals surface area contributed by atoms with Crippen LogP contribution in [0.25, 0.3) is 0 Å². The molecule has 0 aliphatic heterocycles. The average molecular weight is 326 g/mol. The summed E-state index contributed by atoms with van der Waals surface area (Å²) in [7, 11) is -3.46. The van der Waals surface area contributed by atoms with Gasteiger partial charge in [-0.1, -0.05) is 18.8 Å². The van der Waals surface area contributed by atoms with Crippen LogP contribution in [0.4, 0.5) is 0 Å². The molecule has 116 valence electrons. The van der Waals surface area contributed by atoms with Crippen molar-refractivity contribution in [3.05, 3.63) is 29.3 Å². The van der Waals surface area contributed by atoms with Crippen molar-refractivity contribution >= 4 is 21.8 Å². The normalized spacial score (nSPS) is 12.6. The van der Waals surface area contributed by atoms with Gasteiger partial charge in [0.1, 0.15) is 0 Å². The largest absolute Gasteiger partial charge is 0.320 e. The summed E-state index contributed by atoms with van der Waals surface area (Å²) in [6.45, 7) is 4.65. The summed E-state index contributed by atoms with van der Waals surface area (Å²) in [5.74, 6) is 5.69. The molecule has 0 saturated heterocycles. The topological polar surface area (TPSA) is 72.2 Å². The Morgan fingerprint density at radius 3 is 2.71 bits per heavy atom. The number of nitrogens with two attached hydrogens (primary N) is 1. The lowest BCUT2D eigenvalue weighted by Gasteiger charge is -2.10. The summed E-state index contributed by atoms with van der Waals surface area (Å²) < 4.78 is 27.0. The fourth-order valence-corrected chi connectivity index (χ4v) is 3.17. The van der Waals surface area contributed by atoms with Crippen LogP contribution in [0.5, 0.6) is 0 Å². The number of thioether (sulfide) groups is 1. The maximum atomic E-state index is 12.2. The Morgan fingerprint density at radius 2 is 2.14 bits per heavy atom. The zero-order chi connectivity index (χ0) is 15.9. The number of nitrogens with one attached hydrogen (secondary N) is 1. The highest BCUT2D eigenvalue weighted by Gasteiger charge is 2.14. The van der Waals surface area contributed by atoms with Crippen LogP contribution in [-0.4, -0.2) is 33.0 Å². The van der Waals surface area contributed by atoms with Crippen LogP contribution >= 0.6 is 11.8 Å². The highest BCUT2D eigenvalue weighted by molar-refractivity contribution is 7.99. The molecule has 0 fully saturated rings. The van der Waals surface area contributed by atoms with Gasteiger partial charge in [0.2, 0.25) is 10.0 Å². The van der Waals surface area contributed by atoms with E-state index in [0.29, 0.717) is 11.8 Å². The average Bonchev–Trinajstić information content (AvgIpc) is 2.45. The van der Waals surface area contributed by atoms with Crippen LogP contribution in [0.2, 0.25) is 0 Å². The fraction of sp³-hybridized carbons (Fsp3) is 0.467. The smallest absolute Gasteiger partial charge is 0.240 e. The monoisotopic (exact) mass is 326 g/mol. The van der Waals surface area contributed by atoms with Crippen LogP contribution in [0.15, 0.2) is 23.1 Å². The Hall–Kier alpha value is -1.00. The maximum absolute atomic E-state index is 12.2. The van der Waals surface area contributed by atoms with Gasteiger partial charge in [-0.15, -0.1) is 0 Å². The molecule has 0 aliphatic rings. The summed E-state index contributed by atoms with van der Waals surface area (Å²) in [5.41, 5.74) is 6.97. The zero-order valence-corrected chi connectivity index (χ0v) is 14.3. The number of hydrogen-bond donors (Lipinski definition) is 2. The number of hydrogen-bond acceptors (Lipinski definition) is 4. The Balaban J connectivity index is 2.82. The van der Waals surface area contributed by atoms with Crippen molar-refractivity contribution < 1.29 is 8.42 Å². The van der Waals surface area contributed by atoms with Crippen LogP contribution < -0.4 is 10.5 Å². The van der Waals surface area contributed by atoms with Gasteiger partial charge in [0.05, 0.1) is 11.4 Å². The second-order valence-electron chi connectivity index (χ2n) is 4.72. The van der Waals surface area contributed by atoms with Crippen molar-refractivity contribution in [1.82, 2.24) is 4.72 Å². The molecule has 0 aromatic heterocycles. The molecule has 1 aromatic carbocycles.